The zero-order chi connectivity index (χ0) is 15.1. The molecule has 1 aliphatic rings. The fourth-order valence-corrected chi connectivity index (χ4v) is 2.04. The van der Waals surface area contributed by atoms with Crippen LogP contribution in [0, 0.1) is 5.82 Å². The van der Waals surface area contributed by atoms with Crippen molar-refractivity contribution in [3.05, 3.63) is 23.5 Å². The van der Waals surface area contributed by atoms with Crippen LogP contribution in [0.5, 0.6) is 5.75 Å². The van der Waals surface area contributed by atoms with Gasteiger partial charge in [0.2, 0.25) is 0 Å². The van der Waals surface area contributed by atoms with Crippen molar-refractivity contribution in [1.82, 2.24) is 0 Å². The summed E-state index contributed by atoms with van der Waals surface area (Å²) < 4.78 is 31.0. The molecule has 4 nitrogen and oxygen atoms in total. The van der Waals surface area contributed by atoms with Gasteiger partial charge in [0.25, 0.3) is 0 Å². The van der Waals surface area contributed by atoms with E-state index in [4.69, 9.17) is 14.0 Å². The van der Waals surface area contributed by atoms with E-state index in [2.05, 4.69) is 0 Å². The molecular weight excluding hydrogens is 262 g/mol. The molecule has 108 valence electrons. The van der Waals surface area contributed by atoms with E-state index in [1.54, 1.807) is 0 Å². The molecule has 1 aromatic carbocycles. The zero-order valence-corrected chi connectivity index (χ0v) is 12.3. The molecule has 1 fully saturated rings. The molecule has 0 N–H and O–H groups in total. The molecule has 2 rings (SSSR count). The number of rotatable bonds is 3. The third kappa shape index (κ3) is 2.34. The fourth-order valence-electron chi connectivity index (χ4n) is 2.04. The first-order valence-corrected chi connectivity index (χ1v) is 6.40. The third-order valence-electron chi connectivity index (χ3n) is 3.96. The monoisotopic (exact) mass is 280 g/mol. The minimum atomic E-state index is -0.865. The van der Waals surface area contributed by atoms with E-state index in [9.17, 15) is 9.18 Å². The van der Waals surface area contributed by atoms with Crippen LogP contribution in [0.25, 0.3) is 0 Å². The maximum atomic E-state index is 14.2. The highest BCUT2D eigenvalue weighted by molar-refractivity contribution is 6.63. The predicted molar refractivity (Wildman–Crippen MR) is 74.1 cm³/mol. The van der Waals surface area contributed by atoms with Crippen LogP contribution in [0.4, 0.5) is 4.39 Å². The van der Waals surface area contributed by atoms with Gasteiger partial charge in [-0.3, -0.25) is 4.79 Å². The van der Waals surface area contributed by atoms with Gasteiger partial charge in [0, 0.05) is 5.56 Å². The SMILES string of the molecule is COc1cc(C=O)cc(F)c1B1OC(C)(C)C(C)(C)O1. The molecule has 0 radical (unpaired) electrons. The molecular formula is C14H18BFO4. The predicted octanol–water partition coefficient (Wildman–Crippen LogP) is 1.95. The minimum absolute atomic E-state index is 0.178. The van der Waals surface area contributed by atoms with E-state index < -0.39 is 24.1 Å². The summed E-state index contributed by atoms with van der Waals surface area (Å²) in [4.78, 5) is 10.8. The number of hydrogen-bond acceptors (Lipinski definition) is 4. The number of methoxy groups -OCH3 is 1. The second-order valence-electron chi connectivity index (χ2n) is 5.82. The van der Waals surface area contributed by atoms with E-state index in [0.717, 1.165) is 6.07 Å². The summed E-state index contributed by atoms with van der Waals surface area (Å²) in [7, 11) is 0.550. The Kier molecular flexibility index (Phi) is 3.65. The van der Waals surface area contributed by atoms with Gasteiger partial charge in [-0.05, 0) is 39.8 Å². The molecule has 1 aliphatic heterocycles. The molecule has 0 spiro atoms. The Bertz CT molecular complexity index is 526. The van der Waals surface area contributed by atoms with Gasteiger partial charge in [0.15, 0.2) is 0 Å². The van der Waals surface area contributed by atoms with E-state index in [1.165, 1.54) is 13.2 Å². The van der Waals surface area contributed by atoms with Crippen LogP contribution in [-0.4, -0.2) is 31.7 Å². The first kappa shape index (κ1) is 15.0. The summed E-state index contributed by atoms with van der Waals surface area (Å²) in [5, 5.41) is 0. The van der Waals surface area contributed by atoms with E-state index in [1.807, 2.05) is 27.7 Å². The molecule has 0 bridgehead atoms. The van der Waals surface area contributed by atoms with Crippen LogP contribution in [-0.2, 0) is 9.31 Å². The fraction of sp³-hybridized carbons (Fsp3) is 0.500. The number of benzene rings is 1. The molecule has 6 heteroatoms. The molecule has 1 aromatic rings. The number of hydrogen-bond donors (Lipinski definition) is 0. The van der Waals surface area contributed by atoms with Gasteiger partial charge in [0.05, 0.1) is 23.8 Å². The van der Waals surface area contributed by atoms with Crippen molar-refractivity contribution in [3.63, 3.8) is 0 Å². The highest BCUT2D eigenvalue weighted by Gasteiger charge is 2.53. The van der Waals surface area contributed by atoms with Crippen molar-refractivity contribution in [2.24, 2.45) is 0 Å². The Hall–Kier alpha value is -1.40. The number of carbonyl (C=O) groups is 1. The quantitative estimate of drug-likeness (QED) is 0.627. The Morgan fingerprint density at radius 3 is 2.20 bits per heavy atom. The molecule has 0 aromatic heterocycles. The second-order valence-corrected chi connectivity index (χ2v) is 5.82. The second kappa shape index (κ2) is 4.86. The normalized spacial score (nSPS) is 20.0. The average Bonchev–Trinajstić information content (AvgIpc) is 2.56. The van der Waals surface area contributed by atoms with Crippen molar-refractivity contribution in [1.29, 1.82) is 0 Å². The van der Waals surface area contributed by atoms with Crippen LogP contribution < -0.4 is 10.2 Å². The van der Waals surface area contributed by atoms with E-state index >= 15 is 0 Å². The summed E-state index contributed by atoms with van der Waals surface area (Å²) in [5.74, 6) is -0.337. The van der Waals surface area contributed by atoms with Crippen LogP contribution >= 0.6 is 0 Å². The van der Waals surface area contributed by atoms with Crippen LogP contribution in [0.3, 0.4) is 0 Å². The molecule has 0 atom stereocenters. The Balaban J connectivity index is 2.47. The van der Waals surface area contributed by atoms with Crippen molar-refractivity contribution < 1.29 is 23.2 Å². The molecule has 20 heavy (non-hydrogen) atoms. The van der Waals surface area contributed by atoms with E-state index in [-0.39, 0.29) is 16.8 Å². The molecule has 0 aliphatic carbocycles. The molecule has 0 amide bonds. The molecule has 1 saturated heterocycles. The lowest BCUT2D eigenvalue weighted by Crippen LogP contribution is -2.41. The van der Waals surface area contributed by atoms with Gasteiger partial charge in [0.1, 0.15) is 17.9 Å². The zero-order valence-electron chi connectivity index (χ0n) is 12.3. The van der Waals surface area contributed by atoms with Gasteiger partial charge in [-0.1, -0.05) is 0 Å². The van der Waals surface area contributed by atoms with Gasteiger partial charge < -0.3 is 14.0 Å². The number of carbonyl (C=O) groups excluding carboxylic acids is 1. The standard InChI is InChI=1S/C14H18BFO4/c1-13(2)14(3,4)20-15(19-13)12-10(16)6-9(8-17)7-11(12)18-5/h6-8H,1-5H3. The topological polar surface area (TPSA) is 44.8 Å². The Labute approximate surface area is 118 Å². The Morgan fingerprint density at radius 2 is 1.75 bits per heavy atom. The van der Waals surface area contributed by atoms with Crippen LogP contribution in [0.15, 0.2) is 12.1 Å². The maximum Gasteiger partial charge on any atom is 0.501 e. The minimum Gasteiger partial charge on any atom is -0.497 e. The highest BCUT2D eigenvalue weighted by atomic mass is 19.1. The first-order valence-electron chi connectivity index (χ1n) is 6.40. The van der Waals surface area contributed by atoms with E-state index in [0.29, 0.717) is 6.29 Å². The first-order chi connectivity index (χ1) is 9.21. The largest absolute Gasteiger partial charge is 0.501 e. The molecule has 1 heterocycles. The molecule has 0 unspecified atom stereocenters. The van der Waals surface area contributed by atoms with Crippen molar-refractivity contribution in [3.8, 4) is 5.75 Å². The average molecular weight is 280 g/mol. The van der Waals surface area contributed by atoms with Crippen LogP contribution in [0.2, 0.25) is 0 Å². The highest BCUT2D eigenvalue weighted by Crippen LogP contribution is 2.37. The van der Waals surface area contributed by atoms with Gasteiger partial charge in [-0.25, -0.2) is 4.39 Å². The Morgan fingerprint density at radius 1 is 1.20 bits per heavy atom. The van der Waals surface area contributed by atoms with Gasteiger partial charge in [-0.15, -0.1) is 0 Å². The van der Waals surface area contributed by atoms with Gasteiger partial charge in [-0.2, -0.15) is 0 Å². The van der Waals surface area contributed by atoms with Crippen LogP contribution in [0.1, 0.15) is 38.1 Å². The summed E-state index contributed by atoms with van der Waals surface area (Å²) in [6.07, 6.45) is 0.569. The number of ether oxygens (including phenoxy) is 1. The van der Waals surface area contributed by atoms with Crippen molar-refractivity contribution >= 4 is 18.9 Å². The van der Waals surface area contributed by atoms with Crippen molar-refractivity contribution in [2.75, 3.05) is 7.11 Å². The number of halogens is 1. The summed E-state index contributed by atoms with van der Waals surface area (Å²) in [6, 6.07) is 2.62. The summed E-state index contributed by atoms with van der Waals surface area (Å²) >= 11 is 0. The lowest BCUT2D eigenvalue weighted by Gasteiger charge is -2.32. The summed E-state index contributed by atoms with van der Waals surface area (Å²) in [6.45, 7) is 7.54. The smallest absolute Gasteiger partial charge is 0.497 e. The maximum absolute atomic E-state index is 14.2. The summed E-state index contributed by atoms with van der Waals surface area (Å²) in [5.41, 5.74) is -0.756. The van der Waals surface area contributed by atoms with Crippen molar-refractivity contribution in [2.45, 2.75) is 38.9 Å². The lowest BCUT2D eigenvalue weighted by molar-refractivity contribution is 0.00578. The third-order valence-corrected chi connectivity index (χ3v) is 3.96. The lowest BCUT2D eigenvalue weighted by atomic mass is 9.77. The molecule has 0 saturated carbocycles. The van der Waals surface area contributed by atoms with Gasteiger partial charge >= 0.3 is 7.12 Å². The number of aldehydes is 1.